The van der Waals surface area contributed by atoms with Gasteiger partial charge in [0.05, 0.1) is 13.2 Å². The second kappa shape index (κ2) is 12.9. The molecule has 0 radical (unpaired) electrons. The van der Waals surface area contributed by atoms with E-state index >= 15 is 0 Å². The minimum absolute atomic E-state index is 0. The predicted octanol–water partition coefficient (Wildman–Crippen LogP) is 2.43. The standard InChI is InChI=1S/C17H30N4OS.HI/c1-3-18-17(19-7-6-16-5-4-12-23-16)20-13-15(2)14-21-8-10-22-11-9-21;/h4-5,12,15H,3,6-11,13-14H2,1-2H3,(H2,18,19,20);1H. The van der Waals surface area contributed by atoms with Gasteiger partial charge in [-0.25, -0.2) is 0 Å². The number of rotatable bonds is 8. The molecule has 0 saturated carbocycles. The molecule has 2 rings (SSSR count). The summed E-state index contributed by atoms with van der Waals surface area (Å²) in [4.78, 5) is 8.62. The van der Waals surface area contributed by atoms with Crippen LogP contribution in [0.5, 0.6) is 0 Å². The molecule has 1 saturated heterocycles. The van der Waals surface area contributed by atoms with E-state index < -0.39 is 0 Å². The predicted molar refractivity (Wildman–Crippen MR) is 114 cm³/mol. The fourth-order valence-corrected chi connectivity index (χ4v) is 3.34. The molecule has 0 aromatic carbocycles. The quantitative estimate of drug-likeness (QED) is 0.351. The molecule has 1 aliphatic heterocycles. The first-order valence-corrected chi connectivity index (χ1v) is 9.50. The molecule has 1 aromatic rings. The van der Waals surface area contributed by atoms with Gasteiger partial charge in [0.15, 0.2) is 5.96 Å². The van der Waals surface area contributed by atoms with Gasteiger partial charge in [0.2, 0.25) is 0 Å². The molecule has 7 heteroatoms. The number of thiophene rings is 1. The minimum Gasteiger partial charge on any atom is -0.379 e. The van der Waals surface area contributed by atoms with Crippen LogP contribution in [0.25, 0.3) is 0 Å². The van der Waals surface area contributed by atoms with Crippen LogP contribution >= 0.6 is 35.3 Å². The van der Waals surface area contributed by atoms with Crippen molar-refractivity contribution >= 4 is 41.3 Å². The fraction of sp³-hybridized carbons (Fsp3) is 0.706. The number of nitrogens with one attached hydrogen (secondary N) is 2. The number of hydrogen-bond acceptors (Lipinski definition) is 4. The molecule has 1 aromatic heterocycles. The molecular formula is C17H31IN4OS. The minimum atomic E-state index is 0. The molecule has 1 unspecified atom stereocenters. The van der Waals surface area contributed by atoms with E-state index in [4.69, 9.17) is 9.73 Å². The van der Waals surface area contributed by atoms with Crippen molar-refractivity contribution in [2.75, 3.05) is 52.5 Å². The largest absolute Gasteiger partial charge is 0.379 e. The van der Waals surface area contributed by atoms with Crippen molar-refractivity contribution in [1.82, 2.24) is 15.5 Å². The Morgan fingerprint density at radius 2 is 2.17 bits per heavy atom. The van der Waals surface area contributed by atoms with Crippen LogP contribution in [-0.4, -0.2) is 63.3 Å². The number of morpholine rings is 1. The molecule has 24 heavy (non-hydrogen) atoms. The van der Waals surface area contributed by atoms with Crippen LogP contribution in [0.15, 0.2) is 22.5 Å². The van der Waals surface area contributed by atoms with Crippen LogP contribution in [-0.2, 0) is 11.2 Å². The Bertz CT molecular complexity index is 449. The van der Waals surface area contributed by atoms with Crippen LogP contribution in [0.3, 0.4) is 0 Å². The lowest BCUT2D eigenvalue weighted by Crippen LogP contribution is -2.40. The molecule has 2 N–H and O–H groups in total. The lowest BCUT2D eigenvalue weighted by molar-refractivity contribution is 0.0323. The average Bonchev–Trinajstić information content (AvgIpc) is 3.07. The third-order valence-electron chi connectivity index (χ3n) is 3.82. The van der Waals surface area contributed by atoms with E-state index in [-0.39, 0.29) is 24.0 Å². The van der Waals surface area contributed by atoms with E-state index in [1.165, 1.54) is 4.88 Å². The van der Waals surface area contributed by atoms with E-state index in [0.29, 0.717) is 5.92 Å². The third kappa shape index (κ3) is 8.64. The number of halogens is 1. The maximum absolute atomic E-state index is 5.40. The van der Waals surface area contributed by atoms with Gasteiger partial charge in [-0.1, -0.05) is 13.0 Å². The van der Waals surface area contributed by atoms with Gasteiger partial charge in [0, 0.05) is 44.1 Å². The van der Waals surface area contributed by atoms with Gasteiger partial charge in [-0.3, -0.25) is 9.89 Å². The molecular weight excluding hydrogens is 435 g/mol. The van der Waals surface area contributed by atoms with E-state index in [0.717, 1.165) is 64.9 Å². The second-order valence-corrected chi connectivity index (χ2v) is 7.03. The van der Waals surface area contributed by atoms with Crippen LogP contribution in [0.1, 0.15) is 18.7 Å². The Labute approximate surface area is 167 Å². The highest BCUT2D eigenvalue weighted by Crippen LogP contribution is 2.08. The van der Waals surface area contributed by atoms with Gasteiger partial charge in [-0.05, 0) is 30.7 Å². The van der Waals surface area contributed by atoms with Gasteiger partial charge >= 0.3 is 0 Å². The molecule has 1 atom stereocenters. The summed E-state index contributed by atoms with van der Waals surface area (Å²) in [5, 5.41) is 8.89. The molecule has 1 fully saturated rings. The van der Waals surface area contributed by atoms with E-state index in [2.05, 4.69) is 46.9 Å². The normalized spacial score (nSPS) is 17.2. The van der Waals surface area contributed by atoms with Crippen molar-refractivity contribution in [3.63, 3.8) is 0 Å². The lowest BCUT2D eigenvalue weighted by Gasteiger charge is -2.28. The highest BCUT2D eigenvalue weighted by molar-refractivity contribution is 14.0. The summed E-state index contributed by atoms with van der Waals surface area (Å²) in [7, 11) is 0. The molecule has 0 spiro atoms. The SMILES string of the molecule is CCNC(=NCC(C)CN1CCOCC1)NCCc1cccs1.I. The maximum atomic E-state index is 5.40. The Balaban J connectivity index is 0.00000288. The van der Waals surface area contributed by atoms with E-state index in [1.54, 1.807) is 0 Å². The number of aliphatic imine (C=N–C) groups is 1. The zero-order chi connectivity index (χ0) is 16.3. The molecule has 5 nitrogen and oxygen atoms in total. The average molecular weight is 466 g/mol. The highest BCUT2D eigenvalue weighted by Gasteiger charge is 2.13. The van der Waals surface area contributed by atoms with Crippen molar-refractivity contribution in [2.45, 2.75) is 20.3 Å². The topological polar surface area (TPSA) is 48.9 Å². The maximum Gasteiger partial charge on any atom is 0.191 e. The summed E-state index contributed by atoms with van der Waals surface area (Å²) in [6.07, 6.45) is 1.05. The van der Waals surface area contributed by atoms with Gasteiger partial charge in [-0.15, -0.1) is 35.3 Å². The van der Waals surface area contributed by atoms with Gasteiger partial charge in [0.1, 0.15) is 0 Å². The fourth-order valence-electron chi connectivity index (χ4n) is 2.63. The summed E-state index contributed by atoms with van der Waals surface area (Å²) in [5.41, 5.74) is 0. The highest BCUT2D eigenvalue weighted by atomic mass is 127. The van der Waals surface area contributed by atoms with Crippen molar-refractivity contribution in [2.24, 2.45) is 10.9 Å². The first kappa shape index (κ1) is 21.7. The molecule has 1 aliphatic rings. The number of nitrogens with zero attached hydrogens (tertiary/aromatic N) is 2. The number of guanidine groups is 1. The zero-order valence-electron chi connectivity index (χ0n) is 14.8. The first-order valence-electron chi connectivity index (χ1n) is 8.62. The Kier molecular flexibility index (Phi) is 11.7. The van der Waals surface area contributed by atoms with Crippen LogP contribution in [0.4, 0.5) is 0 Å². The van der Waals surface area contributed by atoms with E-state index in [1.807, 2.05) is 11.3 Å². The molecule has 0 aliphatic carbocycles. The van der Waals surface area contributed by atoms with Crippen molar-refractivity contribution in [3.8, 4) is 0 Å². The first-order chi connectivity index (χ1) is 11.3. The van der Waals surface area contributed by atoms with Crippen LogP contribution in [0.2, 0.25) is 0 Å². The summed E-state index contributed by atoms with van der Waals surface area (Å²) in [5.74, 6) is 1.48. The Morgan fingerprint density at radius 1 is 1.38 bits per heavy atom. The number of hydrogen-bond donors (Lipinski definition) is 2. The smallest absolute Gasteiger partial charge is 0.191 e. The second-order valence-electron chi connectivity index (χ2n) is 5.99. The van der Waals surface area contributed by atoms with Crippen molar-refractivity contribution in [3.05, 3.63) is 22.4 Å². The van der Waals surface area contributed by atoms with Crippen LogP contribution in [0, 0.1) is 5.92 Å². The molecule has 138 valence electrons. The van der Waals surface area contributed by atoms with Crippen molar-refractivity contribution < 1.29 is 4.74 Å². The molecule has 2 heterocycles. The monoisotopic (exact) mass is 466 g/mol. The summed E-state index contributed by atoms with van der Waals surface area (Å²) in [6, 6.07) is 4.29. The summed E-state index contributed by atoms with van der Waals surface area (Å²) >= 11 is 1.81. The molecule has 0 amide bonds. The Hall–Kier alpha value is -0.380. The van der Waals surface area contributed by atoms with E-state index in [9.17, 15) is 0 Å². The number of ether oxygens (including phenoxy) is 1. The van der Waals surface area contributed by atoms with Crippen LogP contribution < -0.4 is 10.6 Å². The Morgan fingerprint density at radius 3 is 2.83 bits per heavy atom. The van der Waals surface area contributed by atoms with Gasteiger partial charge in [0.25, 0.3) is 0 Å². The van der Waals surface area contributed by atoms with Gasteiger partial charge in [-0.2, -0.15) is 0 Å². The van der Waals surface area contributed by atoms with Crippen molar-refractivity contribution in [1.29, 1.82) is 0 Å². The summed E-state index contributed by atoms with van der Waals surface area (Å²) in [6.45, 7) is 12.0. The molecule has 0 bridgehead atoms. The zero-order valence-corrected chi connectivity index (χ0v) is 17.9. The summed E-state index contributed by atoms with van der Waals surface area (Å²) < 4.78 is 5.40. The lowest BCUT2D eigenvalue weighted by atomic mass is 10.1. The third-order valence-corrected chi connectivity index (χ3v) is 4.76. The van der Waals surface area contributed by atoms with Gasteiger partial charge < -0.3 is 15.4 Å².